The molecule has 0 unspecified atom stereocenters. The van der Waals surface area contributed by atoms with Crippen molar-refractivity contribution in [1.82, 2.24) is 14.7 Å². The molecule has 0 aromatic heterocycles. The molecule has 1 aliphatic carbocycles. The molecule has 2 atom stereocenters. The predicted octanol–water partition coefficient (Wildman–Crippen LogP) is 4.46. The van der Waals surface area contributed by atoms with Crippen LogP contribution in [0.2, 0.25) is 5.02 Å². The van der Waals surface area contributed by atoms with Gasteiger partial charge in [-0.3, -0.25) is 4.79 Å². The first-order valence-corrected chi connectivity index (χ1v) is 12.4. The topological polar surface area (TPSA) is 64.1 Å². The molecular formula is C25H36ClN3O3. The summed E-state index contributed by atoms with van der Waals surface area (Å²) in [5.74, 6) is 0.230. The fraction of sp³-hybridized carbons (Fsp3) is 0.680. The van der Waals surface area contributed by atoms with Crippen LogP contribution < -0.4 is 0 Å². The highest BCUT2D eigenvalue weighted by molar-refractivity contribution is 6.30. The fourth-order valence-electron chi connectivity index (χ4n) is 6.16. The lowest BCUT2D eigenvalue weighted by molar-refractivity contribution is -0.136. The zero-order chi connectivity index (χ0) is 22.9. The Hall–Kier alpha value is -1.79. The number of hydrogen-bond donors (Lipinski definition) is 1. The second-order valence-corrected chi connectivity index (χ2v) is 10.6. The van der Waals surface area contributed by atoms with Crippen LogP contribution in [0.4, 0.5) is 4.79 Å². The molecule has 4 rings (SSSR count). The number of hydrogen-bond acceptors (Lipinski definition) is 3. The molecular weight excluding hydrogens is 426 g/mol. The largest absolute Gasteiger partial charge is 0.465 e. The quantitative estimate of drug-likeness (QED) is 0.718. The number of carbonyl (C=O) groups excluding carboxylic acids is 1. The standard InChI is InChI=1S/C25H36ClN3O3/c1-25(19-8-10-20(26)11-9-19)17-29(16-22(25)27(2)24(31)32)23(30)18-12-14-28(15-13-18)21-6-4-3-5-7-21/h8-11,18,21-22H,3-7,12-17H2,1-2H3,(H,31,32)/t22-,25+/m1/s1. The fourth-order valence-corrected chi connectivity index (χ4v) is 6.28. The minimum absolute atomic E-state index is 0.0400. The minimum Gasteiger partial charge on any atom is -0.465 e. The molecule has 7 heteroatoms. The van der Waals surface area contributed by atoms with Gasteiger partial charge in [0.15, 0.2) is 0 Å². The van der Waals surface area contributed by atoms with Gasteiger partial charge >= 0.3 is 6.09 Å². The number of nitrogens with zero attached hydrogens (tertiary/aromatic N) is 3. The van der Waals surface area contributed by atoms with E-state index in [2.05, 4.69) is 11.8 Å². The van der Waals surface area contributed by atoms with Crippen LogP contribution in [0.3, 0.4) is 0 Å². The Labute approximate surface area is 196 Å². The maximum Gasteiger partial charge on any atom is 0.407 e. The van der Waals surface area contributed by atoms with Gasteiger partial charge in [-0.05, 0) is 56.5 Å². The lowest BCUT2D eigenvalue weighted by atomic mass is 9.77. The minimum atomic E-state index is -0.967. The molecule has 2 amide bonds. The number of carbonyl (C=O) groups is 2. The van der Waals surface area contributed by atoms with Gasteiger partial charge in [-0.2, -0.15) is 0 Å². The number of likely N-dealkylation sites (tertiary alicyclic amines) is 2. The lowest BCUT2D eigenvalue weighted by Crippen LogP contribution is -2.48. The summed E-state index contributed by atoms with van der Waals surface area (Å²) in [5, 5.41) is 10.3. The average molecular weight is 462 g/mol. The SMILES string of the molecule is CN(C(=O)O)[C@@H]1CN(C(=O)C2CCN(C3CCCCC3)CC2)C[C@@]1(C)c1ccc(Cl)cc1. The maximum atomic E-state index is 13.5. The van der Waals surface area contributed by atoms with Gasteiger partial charge in [0, 0.05) is 42.5 Å². The lowest BCUT2D eigenvalue weighted by Gasteiger charge is -2.39. The number of piperidine rings is 1. The van der Waals surface area contributed by atoms with Crippen molar-refractivity contribution in [2.24, 2.45) is 5.92 Å². The van der Waals surface area contributed by atoms with E-state index in [4.69, 9.17) is 11.6 Å². The second-order valence-electron chi connectivity index (χ2n) is 10.2. The van der Waals surface area contributed by atoms with Crippen LogP contribution in [-0.4, -0.2) is 77.1 Å². The zero-order valence-electron chi connectivity index (χ0n) is 19.3. The number of halogens is 1. The van der Waals surface area contributed by atoms with Crippen LogP contribution >= 0.6 is 11.6 Å². The van der Waals surface area contributed by atoms with Gasteiger partial charge in [-0.1, -0.05) is 49.9 Å². The van der Waals surface area contributed by atoms with E-state index in [1.54, 1.807) is 7.05 Å². The van der Waals surface area contributed by atoms with Crippen molar-refractivity contribution in [3.63, 3.8) is 0 Å². The summed E-state index contributed by atoms with van der Waals surface area (Å²) in [6.07, 6.45) is 7.47. The Bertz CT molecular complexity index is 818. The molecule has 1 N–H and O–H groups in total. The van der Waals surface area contributed by atoms with Gasteiger partial charge in [-0.15, -0.1) is 0 Å². The Morgan fingerprint density at radius 2 is 1.69 bits per heavy atom. The Morgan fingerprint density at radius 3 is 2.28 bits per heavy atom. The molecule has 176 valence electrons. The van der Waals surface area contributed by atoms with Crippen LogP contribution in [0.5, 0.6) is 0 Å². The van der Waals surface area contributed by atoms with E-state index in [1.165, 1.54) is 37.0 Å². The molecule has 0 bridgehead atoms. The summed E-state index contributed by atoms with van der Waals surface area (Å²) in [6.45, 7) is 5.03. The second kappa shape index (κ2) is 9.60. The van der Waals surface area contributed by atoms with Crippen molar-refractivity contribution in [3.8, 4) is 0 Å². The first kappa shape index (κ1) is 23.4. The van der Waals surface area contributed by atoms with E-state index in [-0.39, 0.29) is 17.9 Å². The third-order valence-electron chi connectivity index (χ3n) is 8.20. The molecule has 0 spiro atoms. The molecule has 1 aromatic carbocycles. The molecule has 32 heavy (non-hydrogen) atoms. The van der Waals surface area contributed by atoms with E-state index < -0.39 is 11.5 Å². The Balaban J connectivity index is 1.46. The maximum absolute atomic E-state index is 13.5. The van der Waals surface area contributed by atoms with Crippen molar-refractivity contribution >= 4 is 23.6 Å². The highest BCUT2D eigenvalue weighted by Crippen LogP contribution is 2.39. The first-order chi connectivity index (χ1) is 15.3. The number of amides is 2. The van der Waals surface area contributed by atoms with Crippen molar-refractivity contribution in [2.45, 2.75) is 69.4 Å². The monoisotopic (exact) mass is 461 g/mol. The molecule has 2 aliphatic heterocycles. The zero-order valence-corrected chi connectivity index (χ0v) is 20.1. The van der Waals surface area contributed by atoms with Crippen molar-refractivity contribution < 1.29 is 14.7 Å². The molecule has 2 saturated heterocycles. The highest BCUT2D eigenvalue weighted by Gasteiger charge is 2.49. The molecule has 1 saturated carbocycles. The van der Waals surface area contributed by atoms with E-state index in [9.17, 15) is 14.7 Å². The Morgan fingerprint density at radius 1 is 1.06 bits per heavy atom. The average Bonchev–Trinajstić information content (AvgIpc) is 3.17. The van der Waals surface area contributed by atoms with E-state index >= 15 is 0 Å². The van der Waals surface area contributed by atoms with Gasteiger partial charge in [0.1, 0.15) is 0 Å². The molecule has 1 aromatic rings. The van der Waals surface area contributed by atoms with Crippen LogP contribution in [0.25, 0.3) is 0 Å². The summed E-state index contributed by atoms with van der Waals surface area (Å²) >= 11 is 6.09. The summed E-state index contributed by atoms with van der Waals surface area (Å²) in [4.78, 5) is 31.2. The summed E-state index contributed by atoms with van der Waals surface area (Å²) in [5.41, 5.74) is 0.540. The normalized spacial score (nSPS) is 28.1. The smallest absolute Gasteiger partial charge is 0.407 e. The first-order valence-electron chi connectivity index (χ1n) is 12.0. The van der Waals surface area contributed by atoms with Gasteiger partial charge in [0.25, 0.3) is 0 Å². The molecule has 3 fully saturated rings. The van der Waals surface area contributed by atoms with Crippen molar-refractivity contribution in [2.75, 3.05) is 33.2 Å². The predicted molar refractivity (Wildman–Crippen MR) is 126 cm³/mol. The van der Waals surface area contributed by atoms with Gasteiger partial charge in [0.05, 0.1) is 6.04 Å². The number of benzene rings is 1. The molecule has 6 nitrogen and oxygen atoms in total. The molecule has 0 radical (unpaired) electrons. The number of carboxylic acid groups (broad SMARTS) is 1. The summed E-state index contributed by atoms with van der Waals surface area (Å²) in [7, 11) is 1.61. The van der Waals surface area contributed by atoms with Crippen LogP contribution in [0, 0.1) is 5.92 Å². The van der Waals surface area contributed by atoms with Crippen LogP contribution in [0.1, 0.15) is 57.4 Å². The van der Waals surface area contributed by atoms with E-state index in [0.717, 1.165) is 31.5 Å². The van der Waals surface area contributed by atoms with E-state index in [1.807, 2.05) is 29.2 Å². The third-order valence-corrected chi connectivity index (χ3v) is 8.45. The van der Waals surface area contributed by atoms with Crippen LogP contribution in [-0.2, 0) is 10.2 Å². The molecule has 3 aliphatic rings. The van der Waals surface area contributed by atoms with Gasteiger partial charge < -0.3 is 19.8 Å². The van der Waals surface area contributed by atoms with Gasteiger partial charge in [0.2, 0.25) is 5.91 Å². The van der Waals surface area contributed by atoms with Crippen molar-refractivity contribution in [3.05, 3.63) is 34.9 Å². The highest BCUT2D eigenvalue weighted by atomic mass is 35.5. The Kier molecular flexibility index (Phi) is 7.01. The molecule has 2 heterocycles. The van der Waals surface area contributed by atoms with Crippen molar-refractivity contribution in [1.29, 1.82) is 0 Å². The summed E-state index contributed by atoms with van der Waals surface area (Å²) in [6, 6.07) is 8.00. The number of likely N-dealkylation sites (N-methyl/N-ethyl adjacent to an activating group) is 1. The van der Waals surface area contributed by atoms with Crippen LogP contribution in [0.15, 0.2) is 24.3 Å². The summed E-state index contributed by atoms with van der Waals surface area (Å²) < 4.78 is 0. The number of rotatable bonds is 4. The third kappa shape index (κ3) is 4.62. The van der Waals surface area contributed by atoms with E-state index in [0.29, 0.717) is 24.2 Å². The van der Waals surface area contributed by atoms with Gasteiger partial charge in [-0.25, -0.2) is 4.79 Å².